The van der Waals surface area contributed by atoms with E-state index >= 15 is 0 Å². The van der Waals surface area contributed by atoms with E-state index in [1.54, 1.807) is 18.2 Å². The van der Waals surface area contributed by atoms with E-state index in [0.717, 1.165) is 6.92 Å². The van der Waals surface area contributed by atoms with Gasteiger partial charge in [0.1, 0.15) is 0 Å². The fourth-order valence-electron chi connectivity index (χ4n) is 1.65. The van der Waals surface area contributed by atoms with Gasteiger partial charge in [-0.05, 0) is 45.9 Å². The highest BCUT2D eigenvalue weighted by Crippen LogP contribution is 2.12. The van der Waals surface area contributed by atoms with Crippen LogP contribution in [0.5, 0.6) is 0 Å². The predicted octanol–water partition coefficient (Wildman–Crippen LogP) is 1.17. The van der Waals surface area contributed by atoms with Gasteiger partial charge in [0.05, 0.1) is 6.54 Å². The third-order valence-electron chi connectivity index (χ3n) is 2.93. The Bertz CT molecular complexity index is 635. The second kappa shape index (κ2) is 7.31. The summed E-state index contributed by atoms with van der Waals surface area (Å²) < 4.78 is 0. The van der Waals surface area contributed by atoms with Crippen LogP contribution in [0.1, 0.15) is 38.1 Å². The Labute approximate surface area is 140 Å². The minimum Gasteiger partial charge on any atom is -0.479 e. The number of hydrogen-bond donors (Lipinski definition) is 5. The van der Waals surface area contributed by atoms with Gasteiger partial charge in [-0.15, -0.1) is 0 Å². The number of anilines is 1. The lowest BCUT2D eigenvalue weighted by Crippen LogP contribution is -2.47. The molecule has 0 aliphatic rings. The highest BCUT2D eigenvalue weighted by Gasteiger charge is 2.30. The van der Waals surface area contributed by atoms with Gasteiger partial charge in [0.2, 0.25) is 0 Å². The number of urea groups is 1. The molecule has 0 saturated heterocycles. The average Bonchev–Trinajstić information content (AvgIpc) is 2.43. The number of carbonyl (C=O) groups is 3. The normalized spacial score (nSPS) is 13.5. The maximum Gasteiger partial charge on any atom is 0.337 e. The molecule has 0 saturated carbocycles. The standard InChI is InChI=1S/C16H23N3O5/c1-15(2,3)19-12(20)10-6-5-7-11(8-10)18-14(23)17-9-16(4,24)13(21)22/h5-8,24H,9H2,1-4H3,(H,19,20)(H,21,22)(H2,17,18,23). The highest BCUT2D eigenvalue weighted by atomic mass is 16.4. The third-order valence-corrected chi connectivity index (χ3v) is 2.93. The third kappa shape index (κ3) is 6.25. The first-order valence-corrected chi connectivity index (χ1v) is 7.34. The van der Waals surface area contributed by atoms with Crippen molar-refractivity contribution >= 4 is 23.6 Å². The molecule has 0 fully saturated rings. The summed E-state index contributed by atoms with van der Waals surface area (Å²) in [5.74, 6) is -1.72. The van der Waals surface area contributed by atoms with Crippen LogP contribution in [-0.2, 0) is 4.79 Å². The Balaban J connectivity index is 2.69. The van der Waals surface area contributed by atoms with Crippen LogP contribution < -0.4 is 16.0 Å². The van der Waals surface area contributed by atoms with Crippen LogP contribution >= 0.6 is 0 Å². The van der Waals surface area contributed by atoms with Crippen LogP contribution in [0.3, 0.4) is 0 Å². The number of aliphatic hydroxyl groups is 1. The predicted molar refractivity (Wildman–Crippen MR) is 88.9 cm³/mol. The first-order chi connectivity index (χ1) is 10.9. The van der Waals surface area contributed by atoms with Crippen molar-refractivity contribution < 1.29 is 24.6 Å². The van der Waals surface area contributed by atoms with Gasteiger partial charge in [-0.3, -0.25) is 4.79 Å². The molecule has 1 atom stereocenters. The van der Waals surface area contributed by atoms with Gasteiger partial charge in [0.15, 0.2) is 5.60 Å². The van der Waals surface area contributed by atoms with E-state index < -0.39 is 24.1 Å². The van der Waals surface area contributed by atoms with Gasteiger partial charge < -0.3 is 26.2 Å². The molecule has 1 aromatic rings. The van der Waals surface area contributed by atoms with Crippen molar-refractivity contribution in [3.63, 3.8) is 0 Å². The Kier molecular flexibility index (Phi) is 5.92. The molecule has 24 heavy (non-hydrogen) atoms. The number of carboxylic acid groups (broad SMARTS) is 1. The van der Waals surface area contributed by atoms with Gasteiger partial charge in [-0.25, -0.2) is 9.59 Å². The average molecular weight is 337 g/mol. The molecule has 0 spiro atoms. The Morgan fingerprint density at radius 1 is 1.12 bits per heavy atom. The second-order valence-corrected chi connectivity index (χ2v) is 6.67. The number of nitrogens with one attached hydrogen (secondary N) is 3. The molecular formula is C16H23N3O5. The second-order valence-electron chi connectivity index (χ2n) is 6.67. The summed E-state index contributed by atoms with van der Waals surface area (Å²) in [5.41, 5.74) is -1.71. The van der Waals surface area contributed by atoms with E-state index in [2.05, 4.69) is 16.0 Å². The smallest absolute Gasteiger partial charge is 0.337 e. The summed E-state index contributed by atoms with van der Waals surface area (Å²) in [6, 6.07) is 5.61. The quantitative estimate of drug-likeness (QED) is 0.551. The molecule has 8 nitrogen and oxygen atoms in total. The fourth-order valence-corrected chi connectivity index (χ4v) is 1.65. The lowest BCUT2D eigenvalue weighted by atomic mass is 10.1. The largest absolute Gasteiger partial charge is 0.479 e. The minimum atomic E-state index is -2.06. The maximum atomic E-state index is 12.1. The van der Waals surface area contributed by atoms with Gasteiger partial charge in [-0.1, -0.05) is 6.07 Å². The topological polar surface area (TPSA) is 128 Å². The molecule has 132 valence electrons. The molecule has 0 aliphatic heterocycles. The lowest BCUT2D eigenvalue weighted by Gasteiger charge is -2.21. The summed E-state index contributed by atoms with van der Waals surface area (Å²) in [7, 11) is 0. The molecule has 0 radical (unpaired) electrons. The maximum absolute atomic E-state index is 12.1. The molecule has 0 aliphatic carbocycles. The van der Waals surface area contributed by atoms with E-state index in [4.69, 9.17) is 5.11 Å². The number of carboxylic acids is 1. The summed E-state index contributed by atoms with van der Waals surface area (Å²) in [5, 5.41) is 25.8. The van der Waals surface area contributed by atoms with Crippen LogP contribution in [0.15, 0.2) is 24.3 Å². The highest BCUT2D eigenvalue weighted by molar-refractivity contribution is 5.97. The molecule has 1 unspecified atom stereocenters. The minimum absolute atomic E-state index is 0.277. The van der Waals surface area contributed by atoms with E-state index in [-0.39, 0.29) is 11.4 Å². The summed E-state index contributed by atoms with van der Waals surface area (Å²) >= 11 is 0. The number of benzene rings is 1. The zero-order valence-electron chi connectivity index (χ0n) is 14.1. The van der Waals surface area contributed by atoms with Crippen molar-refractivity contribution in [2.75, 3.05) is 11.9 Å². The number of carbonyl (C=O) groups excluding carboxylic acids is 2. The first-order valence-electron chi connectivity index (χ1n) is 7.34. The van der Waals surface area contributed by atoms with Crippen molar-refractivity contribution in [3.8, 4) is 0 Å². The zero-order valence-corrected chi connectivity index (χ0v) is 14.1. The van der Waals surface area contributed by atoms with Crippen LogP contribution in [0.25, 0.3) is 0 Å². The van der Waals surface area contributed by atoms with Gasteiger partial charge in [0, 0.05) is 16.8 Å². The Morgan fingerprint density at radius 2 is 1.75 bits per heavy atom. The van der Waals surface area contributed by atoms with Crippen molar-refractivity contribution in [1.82, 2.24) is 10.6 Å². The number of rotatable bonds is 5. The number of amides is 3. The number of aliphatic carboxylic acids is 1. The Hall–Kier alpha value is -2.61. The molecule has 0 bridgehead atoms. The van der Waals surface area contributed by atoms with E-state index in [9.17, 15) is 19.5 Å². The lowest BCUT2D eigenvalue weighted by molar-refractivity contribution is -0.155. The van der Waals surface area contributed by atoms with Gasteiger partial charge in [-0.2, -0.15) is 0 Å². The molecule has 1 rings (SSSR count). The summed E-state index contributed by atoms with van der Waals surface area (Å²) in [6.45, 7) is 6.18. The van der Waals surface area contributed by atoms with Crippen molar-refractivity contribution in [1.29, 1.82) is 0 Å². The molecule has 8 heteroatoms. The monoisotopic (exact) mass is 337 g/mol. The van der Waals surface area contributed by atoms with Crippen molar-refractivity contribution in [2.45, 2.75) is 38.8 Å². The molecular weight excluding hydrogens is 314 g/mol. The van der Waals surface area contributed by atoms with Crippen LogP contribution in [0.4, 0.5) is 10.5 Å². The molecule has 3 amide bonds. The van der Waals surface area contributed by atoms with E-state index in [1.165, 1.54) is 6.07 Å². The molecule has 5 N–H and O–H groups in total. The first kappa shape index (κ1) is 19.4. The fraction of sp³-hybridized carbons (Fsp3) is 0.438. The molecule has 0 aromatic heterocycles. The SMILES string of the molecule is CC(C)(C)NC(=O)c1cccc(NC(=O)NCC(C)(O)C(=O)O)c1. The van der Waals surface area contributed by atoms with E-state index in [1.807, 2.05) is 20.8 Å². The molecule has 0 heterocycles. The molecule has 1 aromatic carbocycles. The zero-order chi connectivity index (χ0) is 18.5. The van der Waals surface area contributed by atoms with Gasteiger partial charge in [0.25, 0.3) is 5.91 Å². The Morgan fingerprint density at radius 3 is 2.29 bits per heavy atom. The van der Waals surface area contributed by atoms with Crippen LogP contribution in [0, 0.1) is 0 Å². The van der Waals surface area contributed by atoms with Crippen molar-refractivity contribution in [3.05, 3.63) is 29.8 Å². The summed E-state index contributed by atoms with van der Waals surface area (Å²) in [6.07, 6.45) is 0. The number of hydrogen-bond acceptors (Lipinski definition) is 4. The van der Waals surface area contributed by atoms with Crippen LogP contribution in [-0.4, -0.2) is 45.8 Å². The van der Waals surface area contributed by atoms with Crippen molar-refractivity contribution in [2.24, 2.45) is 0 Å². The summed E-state index contributed by atoms with van der Waals surface area (Å²) in [4.78, 5) is 34.6. The van der Waals surface area contributed by atoms with E-state index in [0.29, 0.717) is 11.3 Å². The van der Waals surface area contributed by atoms with Crippen LogP contribution in [0.2, 0.25) is 0 Å². The van der Waals surface area contributed by atoms with Gasteiger partial charge >= 0.3 is 12.0 Å².